The van der Waals surface area contributed by atoms with E-state index in [1.165, 1.54) is 12.1 Å². The largest absolute Gasteiger partial charge is 0.315 e. The lowest BCUT2D eigenvalue weighted by molar-refractivity contribution is -0.394. The Hall–Kier alpha value is -2.59. The number of thiazole rings is 1. The number of benzene rings is 1. The molecule has 0 aliphatic heterocycles. The molecule has 0 saturated carbocycles. The summed E-state index contributed by atoms with van der Waals surface area (Å²) in [7, 11) is 0. The lowest BCUT2D eigenvalue weighted by atomic mass is 10.1. The molecule has 0 atom stereocenters. The summed E-state index contributed by atoms with van der Waals surface area (Å²) in [5.74, 6) is 0. The number of non-ortho nitro benzene ring substituents is 1. The number of H-pyrrole nitrogens is 1. The van der Waals surface area contributed by atoms with E-state index in [-0.39, 0.29) is 22.8 Å². The molecule has 0 fully saturated rings. The Bertz CT molecular complexity index is 738. The van der Waals surface area contributed by atoms with Crippen LogP contribution in [0.3, 0.4) is 0 Å². The van der Waals surface area contributed by atoms with E-state index in [1.807, 2.05) is 0 Å². The molecule has 0 radical (unpaired) electrons. The quantitative estimate of drug-likeness (QED) is 0.614. The number of aromatic nitrogens is 1. The molecule has 2 N–H and O–H groups in total. The van der Waals surface area contributed by atoms with Gasteiger partial charge in [0.15, 0.2) is 0 Å². The summed E-state index contributed by atoms with van der Waals surface area (Å²) in [5.41, 5.74) is 0.376. The molecule has 0 aliphatic rings. The monoisotopic (exact) mass is 310 g/mol. The van der Waals surface area contributed by atoms with Crippen molar-refractivity contribution in [2.45, 2.75) is 13.1 Å². The highest BCUT2D eigenvalue weighted by molar-refractivity contribution is 7.07. The second-order valence-electron chi connectivity index (χ2n) is 4.10. The van der Waals surface area contributed by atoms with Gasteiger partial charge in [0.2, 0.25) is 0 Å². The molecule has 10 heteroatoms. The minimum Gasteiger partial charge on any atom is -0.315 e. The minimum absolute atomic E-state index is 0.159. The zero-order valence-corrected chi connectivity index (χ0v) is 11.4. The van der Waals surface area contributed by atoms with E-state index in [4.69, 9.17) is 0 Å². The van der Waals surface area contributed by atoms with Crippen LogP contribution in [0.25, 0.3) is 0 Å². The third-order valence-electron chi connectivity index (χ3n) is 2.68. The van der Waals surface area contributed by atoms with Crippen molar-refractivity contribution in [3.8, 4) is 0 Å². The molecule has 2 aromatic rings. The maximum atomic E-state index is 11.0. The number of hydrogen-bond acceptors (Lipinski definition) is 7. The molecule has 0 bridgehead atoms. The van der Waals surface area contributed by atoms with Gasteiger partial charge in [-0.1, -0.05) is 11.3 Å². The maximum Gasteiger partial charge on any atom is 0.304 e. The fourth-order valence-electron chi connectivity index (χ4n) is 1.72. The average Bonchev–Trinajstić information content (AvgIpc) is 2.84. The van der Waals surface area contributed by atoms with E-state index in [9.17, 15) is 25.0 Å². The summed E-state index contributed by atoms with van der Waals surface area (Å²) in [6.07, 6.45) is 0. The van der Waals surface area contributed by atoms with Gasteiger partial charge >= 0.3 is 4.87 Å². The molecule has 1 aromatic carbocycles. The molecule has 1 aromatic heterocycles. The lowest BCUT2D eigenvalue weighted by Crippen LogP contribution is -2.15. The number of aromatic amines is 1. The zero-order chi connectivity index (χ0) is 15.4. The summed E-state index contributed by atoms with van der Waals surface area (Å²) in [6, 6.07) is 3.50. The first-order chi connectivity index (χ1) is 9.97. The van der Waals surface area contributed by atoms with Gasteiger partial charge < -0.3 is 10.3 Å². The first-order valence-electron chi connectivity index (χ1n) is 5.76. The number of nitro groups is 2. The van der Waals surface area contributed by atoms with Crippen molar-refractivity contribution in [2.24, 2.45) is 0 Å². The van der Waals surface area contributed by atoms with Crippen LogP contribution in [0, 0.1) is 20.2 Å². The molecule has 110 valence electrons. The predicted molar refractivity (Wildman–Crippen MR) is 75.2 cm³/mol. The van der Waals surface area contributed by atoms with Crippen LogP contribution in [0.1, 0.15) is 11.3 Å². The molecule has 2 rings (SSSR count). The summed E-state index contributed by atoms with van der Waals surface area (Å²) in [4.78, 5) is 33.6. The van der Waals surface area contributed by atoms with Gasteiger partial charge in [-0.15, -0.1) is 0 Å². The molecular formula is C11H10N4O5S. The normalized spacial score (nSPS) is 10.5. The van der Waals surface area contributed by atoms with E-state index in [1.54, 1.807) is 5.38 Å². The highest BCUT2D eigenvalue weighted by Gasteiger charge is 2.18. The average molecular weight is 310 g/mol. The van der Waals surface area contributed by atoms with Gasteiger partial charge in [0, 0.05) is 35.8 Å². The maximum absolute atomic E-state index is 11.0. The second-order valence-corrected chi connectivity index (χ2v) is 4.95. The minimum atomic E-state index is -0.680. The molecular weight excluding hydrogens is 300 g/mol. The summed E-state index contributed by atoms with van der Waals surface area (Å²) < 4.78 is 0. The highest BCUT2D eigenvalue weighted by atomic mass is 32.1. The van der Waals surface area contributed by atoms with Crippen molar-refractivity contribution < 1.29 is 9.85 Å². The Labute approximate surface area is 121 Å². The Balaban J connectivity index is 2.10. The summed E-state index contributed by atoms with van der Waals surface area (Å²) in [5, 5.41) is 26.2. The summed E-state index contributed by atoms with van der Waals surface area (Å²) in [6.45, 7) is 0.499. The third-order valence-corrected chi connectivity index (χ3v) is 3.40. The van der Waals surface area contributed by atoms with Crippen LogP contribution >= 0.6 is 11.3 Å². The van der Waals surface area contributed by atoms with Crippen LogP contribution < -0.4 is 10.2 Å². The first kappa shape index (κ1) is 14.8. The highest BCUT2D eigenvalue weighted by Crippen LogP contribution is 2.24. The fourth-order valence-corrected chi connectivity index (χ4v) is 2.30. The smallest absolute Gasteiger partial charge is 0.304 e. The number of rotatable bonds is 6. The molecule has 1 heterocycles. The van der Waals surface area contributed by atoms with E-state index in [2.05, 4.69) is 10.3 Å². The molecule has 0 aliphatic carbocycles. The first-order valence-corrected chi connectivity index (χ1v) is 6.64. The van der Waals surface area contributed by atoms with Crippen LogP contribution in [0.4, 0.5) is 11.4 Å². The molecule has 0 unspecified atom stereocenters. The molecule has 0 amide bonds. The Morgan fingerprint density at radius 1 is 1.19 bits per heavy atom. The van der Waals surface area contributed by atoms with Crippen molar-refractivity contribution >= 4 is 22.7 Å². The topological polar surface area (TPSA) is 131 Å². The Morgan fingerprint density at radius 2 is 1.95 bits per heavy atom. The number of nitro benzene ring substituents is 2. The van der Waals surface area contributed by atoms with Crippen LogP contribution in [-0.2, 0) is 13.1 Å². The summed E-state index contributed by atoms with van der Waals surface area (Å²) >= 11 is 1.03. The molecule has 9 nitrogen and oxygen atoms in total. The van der Waals surface area contributed by atoms with Gasteiger partial charge in [-0.3, -0.25) is 25.0 Å². The number of nitrogens with one attached hydrogen (secondary N) is 2. The molecule has 0 spiro atoms. The SMILES string of the molecule is O=c1[nH]c(CNCc2ccc([N+](=O)[O-])cc2[N+](=O)[O-])cs1. The van der Waals surface area contributed by atoms with Crippen LogP contribution in [0.2, 0.25) is 0 Å². The van der Waals surface area contributed by atoms with E-state index < -0.39 is 9.85 Å². The second kappa shape index (κ2) is 6.24. The van der Waals surface area contributed by atoms with E-state index >= 15 is 0 Å². The zero-order valence-electron chi connectivity index (χ0n) is 10.6. The van der Waals surface area contributed by atoms with Crippen molar-refractivity contribution in [3.05, 3.63) is 64.7 Å². The third kappa shape index (κ3) is 3.70. The van der Waals surface area contributed by atoms with Gasteiger partial charge in [0.25, 0.3) is 11.4 Å². The van der Waals surface area contributed by atoms with Gasteiger partial charge in [0.05, 0.1) is 15.9 Å². The molecule has 0 saturated heterocycles. The van der Waals surface area contributed by atoms with Gasteiger partial charge in [-0.05, 0) is 6.07 Å². The van der Waals surface area contributed by atoms with Crippen LogP contribution in [0.5, 0.6) is 0 Å². The van der Waals surface area contributed by atoms with Crippen molar-refractivity contribution in [3.63, 3.8) is 0 Å². The van der Waals surface area contributed by atoms with Crippen molar-refractivity contribution in [1.82, 2.24) is 10.3 Å². The molecule has 21 heavy (non-hydrogen) atoms. The van der Waals surface area contributed by atoms with Gasteiger partial charge in [-0.25, -0.2) is 0 Å². The standard InChI is InChI=1S/C11H10N4O5S/c16-11-13-8(6-21-11)5-12-4-7-1-2-9(14(17)18)3-10(7)15(19)20/h1-3,6,12H,4-5H2,(H,13,16). The predicted octanol–water partition coefficient (Wildman–Crippen LogP) is 1.54. The van der Waals surface area contributed by atoms with E-state index in [0.717, 1.165) is 17.4 Å². The van der Waals surface area contributed by atoms with Crippen LogP contribution in [0.15, 0.2) is 28.4 Å². The Kier molecular flexibility index (Phi) is 4.40. The number of nitrogens with zero attached hydrogens (tertiary/aromatic N) is 2. The Morgan fingerprint density at radius 3 is 2.52 bits per heavy atom. The van der Waals surface area contributed by atoms with Gasteiger partial charge in [-0.2, -0.15) is 0 Å². The van der Waals surface area contributed by atoms with Gasteiger partial charge in [0.1, 0.15) is 0 Å². The van der Waals surface area contributed by atoms with E-state index in [0.29, 0.717) is 17.8 Å². The number of hydrogen-bond donors (Lipinski definition) is 2. The lowest BCUT2D eigenvalue weighted by Gasteiger charge is -2.04. The van der Waals surface area contributed by atoms with Crippen molar-refractivity contribution in [1.29, 1.82) is 0 Å². The fraction of sp³-hybridized carbons (Fsp3) is 0.182. The van der Waals surface area contributed by atoms with Crippen LogP contribution in [-0.4, -0.2) is 14.8 Å². The van der Waals surface area contributed by atoms with Crippen molar-refractivity contribution in [2.75, 3.05) is 0 Å².